The van der Waals surface area contributed by atoms with Gasteiger partial charge >= 0.3 is 0 Å². The van der Waals surface area contributed by atoms with Crippen molar-refractivity contribution in [1.82, 2.24) is 0 Å². The monoisotopic (exact) mass is 309 g/mol. The first kappa shape index (κ1) is 17.8. The minimum Gasteiger partial charge on any atom is -0.772 e. The molecule has 4 nitrogen and oxygen atoms in total. The van der Waals surface area contributed by atoms with Crippen molar-refractivity contribution in [2.45, 2.75) is 45.2 Å². The molecule has 0 aliphatic carbocycles. The number of Topliss-reactive ketones (excluding diaryl/α,β-unsaturated/α-hetero) is 1. The second-order valence-electron chi connectivity index (χ2n) is 5.07. The van der Waals surface area contributed by atoms with Crippen LogP contribution < -0.4 is 0 Å². The third kappa shape index (κ3) is 6.80. The number of benzene rings is 1. The molecule has 0 bridgehead atoms. The van der Waals surface area contributed by atoms with Crippen LogP contribution in [0, 0.1) is 0 Å². The lowest BCUT2D eigenvalue weighted by atomic mass is 10.0. The second-order valence-corrected chi connectivity index (χ2v) is 6.33. The van der Waals surface area contributed by atoms with Gasteiger partial charge in [0.15, 0.2) is 0 Å². The molecule has 0 aliphatic rings. The fraction of sp³-hybridized carbons (Fsp3) is 0.438. The lowest BCUT2D eigenvalue weighted by Crippen LogP contribution is -2.20. The van der Waals surface area contributed by atoms with Crippen molar-refractivity contribution in [3.63, 3.8) is 0 Å². The average Bonchev–Trinajstić information content (AvgIpc) is 2.43. The molecule has 0 aromatic heterocycles. The lowest BCUT2D eigenvalue weighted by molar-refractivity contribution is -0.119. The van der Waals surface area contributed by atoms with E-state index in [4.69, 9.17) is 4.74 Å². The van der Waals surface area contributed by atoms with E-state index in [0.717, 1.165) is 11.1 Å². The molecule has 5 heteroatoms. The van der Waals surface area contributed by atoms with Gasteiger partial charge < -0.3 is 9.29 Å². The zero-order valence-corrected chi connectivity index (χ0v) is 13.4. The molecule has 116 valence electrons. The van der Waals surface area contributed by atoms with E-state index in [1.807, 2.05) is 30.3 Å². The van der Waals surface area contributed by atoms with Crippen LogP contribution >= 0.6 is 0 Å². The molecule has 1 rings (SSSR count). The van der Waals surface area contributed by atoms with E-state index in [9.17, 15) is 13.6 Å². The minimum atomic E-state index is -2.17. The maximum atomic E-state index is 11.4. The van der Waals surface area contributed by atoms with Gasteiger partial charge in [0.05, 0.1) is 12.7 Å². The normalized spacial score (nSPS) is 16.3. The molecule has 21 heavy (non-hydrogen) atoms. The van der Waals surface area contributed by atoms with E-state index in [2.05, 4.69) is 0 Å². The Balaban J connectivity index is 2.75. The molecule has 0 heterocycles. The van der Waals surface area contributed by atoms with Crippen LogP contribution in [0.2, 0.25) is 0 Å². The van der Waals surface area contributed by atoms with E-state index in [-0.39, 0.29) is 12.2 Å². The molecule has 0 fully saturated rings. The highest BCUT2D eigenvalue weighted by Crippen LogP contribution is 2.16. The van der Waals surface area contributed by atoms with Gasteiger partial charge in [-0.25, -0.2) is 0 Å². The average molecular weight is 309 g/mol. The maximum Gasteiger partial charge on any atom is 0.132 e. The molecule has 0 aliphatic heterocycles. The van der Waals surface area contributed by atoms with Crippen LogP contribution in [0.3, 0.4) is 0 Å². The molecule has 0 saturated heterocycles. The van der Waals surface area contributed by atoms with Gasteiger partial charge in [-0.2, -0.15) is 0 Å². The summed E-state index contributed by atoms with van der Waals surface area (Å²) >= 11 is -2.17. The van der Waals surface area contributed by atoms with Crippen LogP contribution in [-0.2, 0) is 27.2 Å². The van der Waals surface area contributed by atoms with E-state index in [1.165, 1.54) is 6.92 Å². The molecule has 1 aromatic carbocycles. The van der Waals surface area contributed by atoms with Crippen molar-refractivity contribution >= 4 is 16.9 Å². The van der Waals surface area contributed by atoms with Crippen LogP contribution in [0.4, 0.5) is 0 Å². The SMILES string of the molecule is CC(=O)C[C@@H](OCc1ccccc1)/C(C)=C\[C@H](C)S(=O)[O-]. The van der Waals surface area contributed by atoms with Crippen molar-refractivity contribution in [3.05, 3.63) is 47.5 Å². The smallest absolute Gasteiger partial charge is 0.132 e. The predicted octanol–water partition coefficient (Wildman–Crippen LogP) is 2.76. The van der Waals surface area contributed by atoms with Crippen LogP contribution in [0.5, 0.6) is 0 Å². The summed E-state index contributed by atoms with van der Waals surface area (Å²) in [5.74, 6) is 0.0108. The Morgan fingerprint density at radius 2 is 1.95 bits per heavy atom. The third-order valence-corrected chi connectivity index (χ3v) is 3.82. The minimum absolute atomic E-state index is 0.0108. The number of hydrogen-bond acceptors (Lipinski definition) is 4. The topological polar surface area (TPSA) is 66.4 Å². The van der Waals surface area contributed by atoms with Gasteiger partial charge in [-0.3, -0.25) is 9.00 Å². The molecule has 1 unspecified atom stereocenters. The van der Waals surface area contributed by atoms with Gasteiger partial charge in [0.2, 0.25) is 0 Å². The van der Waals surface area contributed by atoms with Crippen molar-refractivity contribution in [2.24, 2.45) is 0 Å². The molecule has 0 saturated carbocycles. The second kappa shape index (κ2) is 8.87. The summed E-state index contributed by atoms with van der Waals surface area (Å²) in [5, 5.41) is -0.597. The number of rotatable bonds is 8. The van der Waals surface area contributed by atoms with Crippen LogP contribution in [0.25, 0.3) is 0 Å². The first-order chi connectivity index (χ1) is 9.90. The summed E-state index contributed by atoms with van der Waals surface area (Å²) < 4.78 is 27.6. The number of ether oxygens (including phenoxy) is 1. The first-order valence-electron chi connectivity index (χ1n) is 6.81. The summed E-state index contributed by atoms with van der Waals surface area (Å²) in [6.07, 6.45) is 1.48. The quantitative estimate of drug-likeness (QED) is 0.547. The van der Waals surface area contributed by atoms with Crippen LogP contribution in [-0.4, -0.2) is 25.9 Å². The van der Waals surface area contributed by atoms with Crippen LogP contribution in [0.15, 0.2) is 42.0 Å². The highest BCUT2D eigenvalue weighted by molar-refractivity contribution is 7.79. The molecule has 3 atom stereocenters. The fourth-order valence-corrected chi connectivity index (χ4v) is 2.24. The van der Waals surface area contributed by atoms with Gasteiger partial charge in [-0.15, -0.1) is 0 Å². The standard InChI is InChI=1S/C16H22O4S/c1-12(9-14(3)21(18)19)16(10-13(2)17)20-11-15-7-5-4-6-8-15/h4-9,14,16H,10-11H2,1-3H3,(H,18,19)/p-1/b12-9-/t14-,16+/m0/s1. The largest absolute Gasteiger partial charge is 0.772 e. The van der Waals surface area contributed by atoms with E-state index in [0.29, 0.717) is 6.61 Å². The van der Waals surface area contributed by atoms with Gasteiger partial charge in [0, 0.05) is 11.7 Å². The van der Waals surface area contributed by atoms with Crippen molar-refractivity contribution < 1.29 is 18.3 Å². The number of carbonyl (C=O) groups excluding carboxylic acids is 1. The number of carbonyl (C=O) groups is 1. The summed E-state index contributed by atoms with van der Waals surface area (Å²) in [6.45, 7) is 5.27. The Kier molecular flexibility index (Phi) is 7.50. The number of ketones is 1. The molecule has 0 amide bonds. The predicted molar refractivity (Wildman–Crippen MR) is 82.5 cm³/mol. The molecule has 1 aromatic rings. The molecule has 0 spiro atoms. The lowest BCUT2D eigenvalue weighted by Gasteiger charge is -2.20. The van der Waals surface area contributed by atoms with E-state index >= 15 is 0 Å². The Morgan fingerprint density at radius 1 is 1.33 bits per heavy atom. The maximum absolute atomic E-state index is 11.4. The zero-order chi connectivity index (χ0) is 15.8. The third-order valence-electron chi connectivity index (χ3n) is 3.08. The number of hydrogen-bond donors (Lipinski definition) is 0. The summed E-state index contributed by atoms with van der Waals surface area (Å²) in [6, 6.07) is 9.65. The van der Waals surface area contributed by atoms with E-state index < -0.39 is 22.4 Å². The summed E-state index contributed by atoms with van der Waals surface area (Å²) in [7, 11) is 0. The molecular formula is C16H21O4S-. The highest BCUT2D eigenvalue weighted by atomic mass is 32.2. The van der Waals surface area contributed by atoms with Crippen molar-refractivity contribution in [3.8, 4) is 0 Å². The van der Waals surface area contributed by atoms with E-state index in [1.54, 1.807) is 19.9 Å². The van der Waals surface area contributed by atoms with Gasteiger partial charge in [-0.05, 0) is 43.0 Å². The zero-order valence-electron chi connectivity index (χ0n) is 12.6. The first-order valence-corrected chi connectivity index (χ1v) is 7.95. The highest BCUT2D eigenvalue weighted by Gasteiger charge is 2.15. The van der Waals surface area contributed by atoms with Crippen LogP contribution in [0.1, 0.15) is 32.8 Å². The molecular weight excluding hydrogens is 288 g/mol. The molecule has 0 N–H and O–H groups in total. The van der Waals surface area contributed by atoms with Gasteiger partial charge in [-0.1, -0.05) is 36.4 Å². The Hall–Kier alpha value is -1.30. The Morgan fingerprint density at radius 3 is 2.48 bits per heavy atom. The summed E-state index contributed by atoms with van der Waals surface area (Å²) in [5.41, 5.74) is 1.78. The van der Waals surface area contributed by atoms with Gasteiger partial charge in [0.25, 0.3) is 0 Å². The fourth-order valence-electron chi connectivity index (χ4n) is 1.92. The van der Waals surface area contributed by atoms with Crippen molar-refractivity contribution in [2.75, 3.05) is 0 Å². The molecule has 0 radical (unpaired) electrons. The Labute approximate surface area is 128 Å². The van der Waals surface area contributed by atoms with Crippen molar-refractivity contribution in [1.29, 1.82) is 0 Å². The van der Waals surface area contributed by atoms with Gasteiger partial charge in [0.1, 0.15) is 5.78 Å². The Bertz CT molecular complexity index is 510. The summed E-state index contributed by atoms with van der Waals surface area (Å²) in [4.78, 5) is 11.4.